The number of hydrogen-bond acceptors (Lipinski definition) is 3. The highest BCUT2D eigenvalue weighted by molar-refractivity contribution is 5.79. The normalized spacial score (nSPS) is 17.5. The Morgan fingerprint density at radius 2 is 1.85 bits per heavy atom. The molecule has 0 amide bonds. The zero-order valence-corrected chi connectivity index (χ0v) is 13.5. The van der Waals surface area contributed by atoms with Crippen LogP contribution in [0.15, 0.2) is 4.99 Å². The Morgan fingerprint density at radius 1 is 1.15 bits per heavy atom. The summed E-state index contributed by atoms with van der Waals surface area (Å²) in [7, 11) is 1.82. The Balaban J connectivity index is 2.01. The number of guanidine groups is 1. The van der Waals surface area contributed by atoms with Crippen molar-refractivity contribution in [1.29, 1.82) is 0 Å². The SMILES string of the molecule is CN=C(NCCCOC(C)C)NCCN1CCCCC1. The minimum Gasteiger partial charge on any atom is -0.379 e. The van der Waals surface area contributed by atoms with Gasteiger partial charge < -0.3 is 20.3 Å². The lowest BCUT2D eigenvalue weighted by Gasteiger charge is -2.26. The summed E-state index contributed by atoms with van der Waals surface area (Å²) in [6, 6.07) is 0. The van der Waals surface area contributed by atoms with E-state index in [1.165, 1.54) is 32.4 Å². The van der Waals surface area contributed by atoms with Crippen LogP contribution >= 0.6 is 0 Å². The number of nitrogens with one attached hydrogen (secondary N) is 2. The van der Waals surface area contributed by atoms with Gasteiger partial charge in [0.25, 0.3) is 0 Å². The van der Waals surface area contributed by atoms with Crippen molar-refractivity contribution in [3.8, 4) is 0 Å². The summed E-state index contributed by atoms with van der Waals surface area (Å²) in [5, 5.41) is 6.69. The maximum atomic E-state index is 5.51. The molecule has 118 valence electrons. The summed E-state index contributed by atoms with van der Waals surface area (Å²) in [5.41, 5.74) is 0. The number of ether oxygens (including phenoxy) is 1. The number of piperidine rings is 1. The maximum Gasteiger partial charge on any atom is 0.191 e. The van der Waals surface area contributed by atoms with Gasteiger partial charge in [0, 0.05) is 33.3 Å². The molecule has 0 bridgehead atoms. The molecule has 0 saturated carbocycles. The molecule has 20 heavy (non-hydrogen) atoms. The molecule has 1 fully saturated rings. The number of aliphatic imine (C=N–C) groups is 1. The van der Waals surface area contributed by atoms with Crippen molar-refractivity contribution in [1.82, 2.24) is 15.5 Å². The lowest BCUT2D eigenvalue weighted by Crippen LogP contribution is -2.43. The Bertz CT molecular complexity index is 263. The predicted molar refractivity (Wildman–Crippen MR) is 85.4 cm³/mol. The van der Waals surface area contributed by atoms with Gasteiger partial charge in [-0.1, -0.05) is 6.42 Å². The molecule has 0 aromatic heterocycles. The van der Waals surface area contributed by atoms with E-state index in [4.69, 9.17) is 4.74 Å². The molecular formula is C15H32N4O. The Hall–Kier alpha value is -0.810. The molecule has 0 aromatic carbocycles. The molecule has 0 spiro atoms. The maximum absolute atomic E-state index is 5.51. The van der Waals surface area contributed by atoms with Crippen LogP contribution < -0.4 is 10.6 Å². The highest BCUT2D eigenvalue weighted by atomic mass is 16.5. The number of hydrogen-bond donors (Lipinski definition) is 2. The zero-order chi connectivity index (χ0) is 14.6. The minimum atomic E-state index is 0.317. The lowest BCUT2D eigenvalue weighted by molar-refractivity contribution is 0.0776. The molecule has 5 heteroatoms. The summed E-state index contributed by atoms with van der Waals surface area (Å²) in [5.74, 6) is 0.895. The van der Waals surface area contributed by atoms with Gasteiger partial charge in [-0.2, -0.15) is 0 Å². The third kappa shape index (κ3) is 8.38. The largest absolute Gasteiger partial charge is 0.379 e. The Labute approximate surface area is 124 Å². The number of rotatable bonds is 8. The topological polar surface area (TPSA) is 48.9 Å². The molecule has 0 atom stereocenters. The van der Waals surface area contributed by atoms with Crippen molar-refractivity contribution < 1.29 is 4.74 Å². The van der Waals surface area contributed by atoms with Gasteiger partial charge in [-0.25, -0.2) is 0 Å². The molecule has 0 radical (unpaired) electrons. The fourth-order valence-electron chi connectivity index (χ4n) is 2.33. The Kier molecular flexibility index (Phi) is 9.41. The fraction of sp³-hybridized carbons (Fsp3) is 0.933. The van der Waals surface area contributed by atoms with E-state index in [2.05, 4.69) is 34.4 Å². The average Bonchev–Trinajstić information content (AvgIpc) is 2.46. The molecule has 2 N–H and O–H groups in total. The van der Waals surface area contributed by atoms with Crippen molar-refractivity contribution in [2.45, 2.75) is 45.6 Å². The summed E-state index contributed by atoms with van der Waals surface area (Å²) in [6.07, 6.45) is 5.42. The second-order valence-electron chi connectivity index (χ2n) is 5.60. The van der Waals surface area contributed by atoms with Gasteiger partial charge in [0.05, 0.1) is 6.10 Å². The van der Waals surface area contributed by atoms with E-state index in [0.29, 0.717) is 6.10 Å². The molecule has 1 heterocycles. The van der Waals surface area contributed by atoms with Crippen LogP contribution in [0.5, 0.6) is 0 Å². The van der Waals surface area contributed by atoms with Crippen molar-refractivity contribution in [3.05, 3.63) is 0 Å². The Morgan fingerprint density at radius 3 is 2.50 bits per heavy atom. The van der Waals surface area contributed by atoms with Crippen LogP contribution in [0.4, 0.5) is 0 Å². The summed E-state index contributed by atoms with van der Waals surface area (Å²) < 4.78 is 5.51. The van der Waals surface area contributed by atoms with Crippen molar-refractivity contribution in [2.75, 3.05) is 46.4 Å². The molecule has 1 aliphatic heterocycles. The fourth-order valence-corrected chi connectivity index (χ4v) is 2.33. The number of nitrogens with zero attached hydrogens (tertiary/aromatic N) is 2. The summed E-state index contributed by atoms with van der Waals surface area (Å²) in [6.45, 7) is 10.4. The highest BCUT2D eigenvalue weighted by Crippen LogP contribution is 2.07. The predicted octanol–water partition coefficient (Wildman–Crippen LogP) is 1.45. The van der Waals surface area contributed by atoms with Crippen molar-refractivity contribution in [3.63, 3.8) is 0 Å². The minimum absolute atomic E-state index is 0.317. The van der Waals surface area contributed by atoms with Gasteiger partial charge in [-0.15, -0.1) is 0 Å². The van der Waals surface area contributed by atoms with Gasteiger partial charge in [0.2, 0.25) is 0 Å². The van der Waals surface area contributed by atoms with Crippen LogP contribution in [0, 0.1) is 0 Å². The second kappa shape index (κ2) is 10.9. The van der Waals surface area contributed by atoms with Crippen LogP contribution in [0.2, 0.25) is 0 Å². The third-order valence-corrected chi connectivity index (χ3v) is 3.46. The van der Waals surface area contributed by atoms with Crippen LogP contribution in [0.1, 0.15) is 39.5 Å². The van der Waals surface area contributed by atoms with E-state index in [1.54, 1.807) is 0 Å². The molecule has 1 rings (SSSR count). The first kappa shape index (κ1) is 17.2. The first-order chi connectivity index (χ1) is 9.72. The molecular weight excluding hydrogens is 252 g/mol. The quantitative estimate of drug-likeness (QED) is 0.402. The number of likely N-dealkylation sites (tertiary alicyclic amines) is 1. The van der Waals surface area contributed by atoms with Gasteiger partial charge in [0.1, 0.15) is 0 Å². The van der Waals surface area contributed by atoms with E-state index < -0.39 is 0 Å². The molecule has 0 aromatic rings. The van der Waals surface area contributed by atoms with Gasteiger partial charge >= 0.3 is 0 Å². The van der Waals surface area contributed by atoms with Crippen LogP contribution in [-0.4, -0.2) is 63.3 Å². The van der Waals surface area contributed by atoms with Crippen LogP contribution in [0.25, 0.3) is 0 Å². The highest BCUT2D eigenvalue weighted by Gasteiger charge is 2.09. The smallest absolute Gasteiger partial charge is 0.191 e. The van der Waals surface area contributed by atoms with Crippen molar-refractivity contribution >= 4 is 5.96 Å². The summed E-state index contributed by atoms with van der Waals surface area (Å²) in [4.78, 5) is 6.77. The van der Waals surface area contributed by atoms with E-state index in [9.17, 15) is 0 Å². The van der Waals surface area contributed by atoms with E-state index in [1.807, 2.05) is 7.05 Å². The van der Waals surface area contributed by atoms with E-state index in [-0.39, 0.29) is 0 Å². The van der Waals surface area contributed by atoms with Gasteiger partial charge in [0.15, 0.2) is 5.96 Å². The summed E-state index contributed by atoms with van der Waals surface area (Å²) >= 11 is 0. The van der Waals surface area contributed by atoms with Crippen LogP contribution in [0.3, 0.4) is 0 Å². The molecule has 0 aliphatic carbocycles. The molecule has 1 saturated heterocycles. The van der Waals surface area contributed by atoms with Crippen molar-refractivity contribution in [2.24, 2.45) is 4.99 Å². The molecule has 1 aliphatic rings. The van der Waals surface area contributed by atoms with E-state index in [0.717, 1.165) is 38.6 Å². The second-order valence-corrected chi connectivity index (χ2v) is 5.60. The zero-order valence-electron chi connectivity index (χ0n) is 13.5. The first-order valence-electron chi connectivity index (χ1n) is 8.01. The first-order valence-corrected chi connectivity index (χ1v) is 8.01. The monoisotopic (exact) mass is 284 g/mol. The standard InChI is InChI=1S/C15H32N4O/c1-14(2)20-13-7-8-17-15(16-3)18-9-12-19-10-5-4-6-11-19/h14H,4-13H2,1-3H3,(H2,16,17,18). The molecule has 5 nitrogen and oxygen atoms in total. The van der Waals surface area contributed by atoms with Gasteiger partial charge in [-0.3, -0.25) is 4.99 Å². The van der Waals surface area contributed by atoms with E-state index >= 15 is 0 Å². The lowest BCUT2D eigenvalue weighted by atomic mass is 10.1. The van der Waals surface area contributed by atoms with Gasteiger partial charge in [-0.05, 0) is 46.2 Å². The van der Waals surface area contributed by atoms with Crippen LogP contribution in [-0.2, 0) is 4.74 Å². The third-order valence-electron chi connectivity index (χ3n) is 3.46. The molecule has 0 unspecified atom stereocenters. The average molecular weight is 284 g/mol.